The Balaban J connectivity index is 1.31. The van der Waals surface area contributed by atoms with Crippen molar-refractivity contribution in [2.75, 3.05) is 20.3 Å². The van der Waals surface area contributed by atoms with Gasteiger partial charge in [-0.1, -0.05) is 26.0 Å². The van der Waals surface area contributed by atoms with Crippen LogP contribution in [0, 0.1) is 23.4 Å². The first-order chi connectivity index (χ1) is 26.0. The number of Topliss-reactive ketones (excluding diaryl/α,β-unsaturated/α-hetero) is 1. The molecule has 0 bridgehead atoms. The maximum absolute atomic E-state index is 15.3. The van der Waals surface area contributed by atoms with Crippen molar-refractivity contribution in [2.45, 2.75) is 65.6 Å². The normalized spacial score (nSPS) is 12.2. The minimum absolute atomic E-state index is 0.0641. The lowest BCUT2D eigenvalue weighted by Crippen LogP contribution is -2.52. The van der Waals surface area contributed by atoms with Gasteiger partial charge in [-0.25, -0.2) is 22.9 Å². The van der Waals surface area contributed by atoms with Gasteiger partial charge in [0.1, 0.15) is 40.6 Å². The highest BCUT2D eigenvalue weighted by atomic mass is 32.1. The zero-order valence-electron chi connectivity index (χ0n) is 31.7. The van der Waals surface area contributed by atoms with Crippen LogP contribution in [0.3, 0.4) is 0 Å². The molecule has 15 heteroatoms. The molecule has 0 radical (unpaired) electrons. The van der Waals surface area contributed by atoms with Crippen LogP contribution < -0.4 is 10.1 Å². The van der Waals surface area contributed by atoms with E-state index >= 15 is 4.39 Å². The number of imidazole rings is 1. The molecule has 55 heavy (non-hydrogen) atoms. The average Bonchev–Trinajstić information content (AvgIpc) is 3.70. The van der Waals surface area contributed by atoms with E-state index in [1.807, 2.05) is 31.5 Å². The summed E-state index contributed by atoms with van der Waals surface area (Å²) in [6, 6.07) is 9.83. The molecule has 3 aromatic heterocycles. The van der Waals surface area contributed by atoms with Crippen molar-refractivity contribution in [2.24, 2.45) is 13.0 Å². The summed E-state index contributed by atoms with van der Waals surface area (Å²) in [6.07, 6.45) is 2.15. The lowest BCUT2D eigenvalue weighted by molar-refractivity contribution is -0.136. The molecular weight excluding hydrogens is 736 g/mol. The quantitative estimate of drug-likeness (QED) is 0.114. The molecule has 292 valence electrons. The molecular formula is C40H44F3N5O6S. The third-order valence-corrected chi connectivity index (χ3v) is 9.67. The zero-order chi connectivity index (χ0) is 40.0. The number of nitrogens with zero attached hydrogens (tertiary/aromatic N) is 4. The van der Waals surface area contributed by atoms with Gasteiger partial charge in [0.05, 0.1) is 40.1 Å². The molecule has 0 aliphatic heterocycles. The Morgan fingerprint density at radius 3 is 2.40 bits per heavy atom. The van der Waals surface area contributed by atoms with Gasteiger partial charge in [0.15, 0.2) is 11.6 Å². The SMILES string of the molecule is COCCN(Cc1cnc(-c2cc3nccc(Oc4ccc(CC(=O)Cc5ccc(F)cc5F)cc4F)c3s2)n1C)C(=O)[C@@H](NC(=O)OC(C)(C)C)C(C)C. The first-order valence-corrected chi connectivity index (χ1v) is 18.4. The number of halogens is 3. The maximum Gasteiger partial charge on any atom is 0.408 e. The smallest absolute Gasteiger partial charge is 0.408 e. The highest BCUT2D eigenvalue weighted by Crippen LogP contribution is 2.39. The summed E-state index contributed by atoms with van der Waals surface area (Å²) in [6.45, 7) is 9.68. The number of methoxy groups -OCH3 is 1. The first kappa shape index (κ1) is 40.9. The number of ether oxygens (including phenoxy) is 3. The monoisotopic (exact) mass is 779 g/mol. The standard InChI is InChI=1S/C40H44F3N5O6S/c1-23(2)35(46-39(51)54-40(3,4)5)38(50)48(14-15-52-7)22-27-21-45-37(47(27)6)34-20-31-36(55-34)33(12-13-44-31)53-32-11-8-24(17-30(32)43)16-28(49)18-25-9-10-26(41)19-29(25)42/h8-13,17,19-21,23,35H,14-16,18,22H2,1-7H3,(H,46,51)/t35-/m0/s1. The van der Waals surface area contributed by atoms with E-state index < -0.39 is 35.2 Å². The average molecular weight is 780 g/mol. The first-order valence-electron chi connectivity index (χ1n) is 17.6. The Bertz CT molecular complexity index is 2180. The summed E-state index contributed by atoms with van der Waals surface area (Å²) in [5, 5.41) is 2.73. The molecule has 2 amide bonds. The Morgan fingerprint density at radius 2 is 1.73 bits per heavy atom. The fraction of sp³-hybridized carbons (Fsp3) is 0.375. The number of carbonyl (C=O) groups is 3. The van der Waals surface area contributed by atoms with Crippen LogP contribution in [0.2, 0.25) is 0 Å². The summed E-state index contributed by atoms with van der Waals surface area (Å²) in [5.74, 6) is -2.21. The molecule has 2 aromatic carbocycles. The molecule has 0 aliphatic rings. The van der Waals surface area contributed by atoms with Gasteiger partial charge in [-0.2, -0.15) is 0 Å². The number of amides is 2. The van der Waals surface area contributed by atoms with Crippen molar-refractivity contribution >= 4 is 39.3 Å². The number of benzene rings is 2. The molecule has 0 saturated carbocycles. The van der Waals surface area contributed by atoms with Crippen LogP contribution >= 0.6 is 11.3 Å². The number of ketones is 1. The zero-order valence-corrected chi connectivity index (χ0v) is 32.6. The lowest BCUT2D eigenvalue weighted by atomic mass is 10.0. The molecule has 0 fully saturated rings. The van der Waals surface area contributed by atoms with Gasteiger partial charge in [-0.15, -0.1) is 11.3 Å². The molecule has 0 saturated heterocycles. The molecule has 0 spiro atoms. The molecule has 0 unspecified atom stereocenters. The molecule has 0 aliphatic carbocycles. The van der Waals surface area contributed by atoms with E-state index in [4.69, 9.17) is 14.2 Å². The second-order valence-corrected chi connectivity index (χ2v) is 15.4. The van der Waals surface area contributed by atoms with E-state index in [9.17, 15) is 23.2 Å². The second-order valence-electron chi connectivity index (χ2n) is 14.4. The van der Waals surface area contributed by atoms with E-state index in [0.29, 0.717) is 27.4 Å². The van der Waals surface area contributed by atoms with Crippen LogP contribution in [0.4, 0.5) is 18.0 Å². The number of alkyl carbamates (subject to hydrolysis) is 1. The number of nitrogens with one attached hydrogen (secondary N) is 1. The Kier molecular flexibility index (Phi) is 13.0. The van der Waals surface area contributed by atoms with Crippen molar-refractivity contribution in [3.05, 3.63) is 95.2 Å². The Labute approximate surface area is 321 Å². The van der Waals surface area contributed by atoms with E-state index in [-0.39, 0.29) is 61.5 Å². The summed E-state index contributed by atoms with van der Waals surface area (Å²) < 4.78 is 61.8. The highest BCUT2D eigenvalue weighted by molar-refractivity contribution is 7.22. The van der Waals surface area contributed by atoms with E-state index in [0.717, 1.165) is 22.7 Å². The number of rotatable bonds is 15. The lowest BCUT2D eigenvalue weighted by Gasteiger charge is -2.30. The maximum atomic E-state index is 15.3. The Hall–Kier alpha value is -5.28. The van der Waals surface area contributed by atoms with E-state index in [1.54, 1.807) is 57.3 Å². The number of carbonyl (C=O) groups excluding carboxylic acids is 3. The number of hydrogen-bond donors (Lipinski definition) is 1. The predicted molar refractivity (Wildman–Crippen MR) is 202 cm³/mol. The van der Waals surface area contributed by atoms with Crippen molar-refractivity contribution in [1.82, 2.24) is 24.8 Å². The minimum Gasteiger partial charge on any atom is -0.453 e. The van der Waals surface area contributed by atoms with E-state index in [1.165, 1.54) is 29.5 Å². The van der Waals surface area contributed by atoms with Crippen LogP contribution in [0.5, 0.6) is 11.5 Å². The van der Waals surface area contributed by atoms with Crippen LogP contribution in [0.25, 0.3) is 20.9 Å². The van der Waals surface area contributed by atoms with Crippen LogP contribution in [-0.4, -0.2) is 69.1 Å². The molecule has 1 atom stereocenters. The van der Waals surface area contributed by atoms with Crippen molar-refractivity contribution < 1.29 is 41.8 Å². The van der Waals surface area contributed by atoms with Gasteiger partial charge >= 0.3 is 6.09 Å². The summed E-state index contributed by atoms with van der Waals surface area (Å²) >= 11 is 1.35. The number of hydrogen-bond acceptors (Lipinski definition) is 9. The fourth-order valence-corrected chi connectivity index (χ4v) is 6.86. The molecule has 3 heterocycles. The van der Waals surface area contributed by atoms with Crippen molar-refractivity contribution in [3.63, 3.8) is 0 Å². The largest absolute Gasteiger partial charge is 0.453 e. The second kappa shape index (κ2) is 17.5. The van der Waals surface area contributed by atoms with Crippen LogP contribution in [0.15, 0.2) is 60.9 Å². The molecule has 11 nitrogen and oxygen atoms in total. The predicted octanol–water partition coefficient (Wildman–Crippen LogP) is 7.79. The summed E-state index contributed by atoms with van der Waals surface area (Å²) in [4.78, 5) is 50.5. The fourth-order valence-electron chi connectivity index (χ4n) is 5.76. The third kappa shape index (κ3) is 10.5. The van der Waals surface area contributed by atoms with Crippen LogP contribution in [-0.2, 0) is 45.5 Å². The number of pyridine rings is 1. The summed E-state index contributed by atoms with van der Waals surface area (Å²) in [5.41, 5.74) is 1.04. The van der Waals surface area contributed by atoms with Gasteiger partial charge in [-0.3, -0.25) is 14.6 Å². The summed E-state index contributed by atoms with van der Waals surface area (Å²) in [7, 11) is 3.38. The van der Waals surface area contributed by atoms with Gasteiger partial charge < -0.3 is 29.0 Å². The van der Waals surface area contributed by atoms with Gasteiger partial charge in [0, 0.05) is 51.9 Å². The van der Waals surface area contributed by atoms with Gasteiger partial charge in [-0.05, 0) is 62.1 Å². The number of fused-ring (bicyclic) bond motifs is 1. The van der Waals surface area contributed by atoms with Gasteiger partial charge in [0.25, 0.3) is 0 Å². The highest BCUT2D eigenvalue weighted by Gasteiger charge is 2.31. The minimum atomic E-state index is -0.839. The third-order valence-electron chi connectivity index (χ3n) is 8.54. The van der Waals surface area contributed by atoms with E-state index in [2.05, 4.69) is 15.3 Å². The van der Waals surface area contributed by atoms with Crippen LogP contribution in [0.1, 0.15) is 51.4 Å². The number of thiophene rings is 1. The Morgan fingerprint density at radius 1 is 0.964 bits per heavy atom. The molecule has 5 aromatic rings. The van der Waals surface area contributed by atoms with Crippen molar-refractivity contribution in [1.29, 1.82) is 0 Å². The molecule has 1 N–H and O–H groups in total. The number of aromatic nitrogens is 3. The van der Waals surface area contributed by atoms with Crippen molar-refractivity contribution in [3.8, 4) is 22.2 Å². The topological polar surface area (TPSA) is 125 Å². The molecule has 5 rings (SSSR count). The van der Waals surface area contributed by atoms with Gasteiger partial charge in [0.2, 0.25) is 5.91 Å².